The molecule has 112 valence electrons. The smallest absolute Gasteiger partial charge is 0.209 e. The van der Waals surface area contributed by atoms with Crippen LogP contribution in [0, 0.1) is 0 Å². The molecule has 0 unspecified atom stereocenters. The van der Waals surface area contributed by atoms with Crippen LogP contribution < -0.4 is 0 Å². The van der Waals surface area contributed by atoms with Crippen LogP contribution in [0.25, 0.3) is 11.3 Å². The zero-order valence-electron chi connectivity index (χ0n) is 12.1. The molecule has 2 aromatic rings. The summed E-state index contributed by atoms with van der Waals surface area (Å²) in [5.74, 6) is 1.42. The van der Waals surface area contributed by atoms with Crippen LogP contribution in [0.5, 0.6) is 0 Å². The van der Waals surface area contributed by atoms with Gasteiger partial charge in [-0.3, -0.25) is 4.90 Å². The van der Waals surface area contributed by atoms with E-state index in [9.17, 15) is 5.11 Å². The first kappa shape index (κ1) is 14.6. The molecule has 1 aromatic carbocycles. The summed E-state index contributed by atoms with van der Waals surface area (Å²) in [6, 6.07) is 7.49. The summed E-state index contributed by atoms with van der Waals surface area (Å²) in [6.07, 6.45) is 3.59. The van der Waals surface area contributed by atoms with Crippen molar-refractivity contribution in [1.29, 1.82) is 0 Å². The van der Waals surface area contributed by atoms with Crippen LogP contribution in [-0.2, 0) is 6.54 Å². The number of aliphatic hydroxyl groups is 1. The molecule has 2 heterocycles. The lowest BCUT2D eigenvalue weighted by atomic mass is 9.89. The minimum Gasteiger partial charge on any atom is -0.439 e. The maximum Gasteiger partial charge on any atom is 0.209 e. The largest absolute Gasteiger partial charge is 0.439 e. The number of nitrogens with zero attached hydrogens (tertiary/aromatic N) is 2. The molecule has 0 aliphatic carbocycles. The van der Waals surface area contributed by atoms with Gasteiger partial charge in [0, 0.05) is 23.7 Å². The Labute approximate surface area is 129 Å². The fraction of sp³-hybridized carbons (Fsp3) is 0.438. The van der Waals surface area contributed by atoms with Gasteiger partial charge in [-0.15, -0.1) is 0 Å². The van der Waals surface area contributed by atoms with E-state index in [1.165, 1.54) is 0 Å². The van der Waals surface area contributed by atoms with Gasteiger partial charge in [0.25, 0.3) is 0 Å². The molecule has 1 aromatic heterocycles. The number of rotatable bonds is 5. The van der Waals surface area contributed by atoms with Gasteiger partial charge in [0.1, 0.15) is 0 Å². The Bertz CT molecular complexity index is 603. The Hall–Kier alpha value is -1.36. The second-order valence-electron chi connectivity index (χ2n) is 5.74. The van der Waals surface area contributed by atoms with E-state index in [1.54, 1.807) is 6.20 Å². The molecule has 0 amide bonds. The third kappa shape index (κ3) is 3.28. The maximum atomic E-state index is 10.2. The lowest BCUT2D eigenvalue weighted by Crippen LogP contribution is -2.60. The van der Waals surface area contributed by atoms with E-state index in [2.05, 4.69) is 16.8 Å². The maximum absolute atomic E-state index is 10.2. The molecule has 1 N–H and O–H groups in total. The monoisotopic (exact) mass is 306 g/mol. The van der Waals surface area contributed by atoms with Gasteiger partial charge in [-0.25, -0.2) is 4.98 Å². The number of benzene rings is 1. The number of halogens is 1. The van der Waals surface area contributed by atoms with Crippen molar-refractivity contribution >= 4 is 11.6 Å². The first-order valence-corrected chi connectivity index (χ1v) is 7.61. The highest BCUT2D eigenvalue weighted by molar-refractivity contribution is 6.30. The van der Waals surface area contributed by atoms with Crippen molar-refractivity contribution in [2.45, 2.75) is 31.9 Å². The summed E-state index contributed by atoms with van der Waals surface area (Å²) < 4.78 is 5.77. The summed E-state index contributed by atoms with van der Waals surface area (Å²) in [5, 5.41) is 10.9. The summed E-state index contributed by atoms with van der Waals surface area (Å²) >= 11 is 5.88. The van der Waals surface area contributed by atoms with Crippen molar-refractivity contribution in [3.8, 4) is 11.3 Å². The molecule has 0 spiro atoms. The first-order valence-electron chi connectivity index (χ1n) is 7.23. The average molecular weight is 307 g/mol. The minimum atomic E-state index is -0.514. The molecule has 1 aliphatic rings. The summed E-state index contributed by atoms with van der Waals surface area (Å²) in [4.78, 5) is 6.45. The molecule has 3 rings (SSSR count). The first-order chi connectivity index (χ1) is 10.1. The molecule has 0 bridgehead atoms. The molecule has 0 atom stereocenters. The van der Waals surface area contributed by atoms with E-state index in [0.717, 1.165) is 24.2 Å². The number of aromatic nitrogens is 1. The fourth-order valence-electron chi connectivity index (χ4n) is 2.84. The van der Waals surface area contributed by atoms with Crippen LogP contribution in [0.15, 0.2) is 34.9 Å². The van der Waals surface area contributed by atoms with Crippen molar-refractivity contribution in [3.05, 3.63) is 41.4 Å². The van der Waals surface area contributed by atoms with Crippen LogP contribution >= 0.6 is 11.6 Å². The Balaban J connectivity index is 1.60. The van der Waals surface area contributed by atoms with E-state index in [4.69, 9.17) is 16.0 Å². The van der Waals surface area contributed by atoms with Crippen LogP contribution in [0.4, 0.5) is 0 Å². The molecule has 0 radical (unpaired) electrons. The van der Waals surface area contributed by atoms with E-state index in [1.807, 2.05) is 24.3 Å². The molecule has 1 saturated heterocycles. The third-order valence-corrected chi connectivity index (χ3v) is 4.04. The highest BCUT2D eigenvalue weighted by Crippen LogP contribution is 2.28. The zero-order valence-corrected chi connectivity index (χ0v) is 12.8. The van der Waals surface area contributed by atoms with E-state index in [0.29, 0.717) is 30.5 Å². The van der Waals surface area contributed by atoms with Crippen LogP contribution in [0.3, 0.4) is 0 Å². The molecular weight excluding hydrogens is 288 g/mol. The van der Waals surface area contributed by atoms with Crippen molar-refractivity contribution in [1.82, 2.24) is 9.88 Å². The number of hydrogen-bond donors (Lipinski definition) is 1. The van der Waals surface area contributed by atoms with Crippen LogP contribution in [-0.4, -0.2) is 33.7 Å². The molecule has 21 heavy (non-hydrogen) atoms. The predicted octanol–water partition coefficient (Wildman–Crippen LogP) is 3.34. The quantitative estimate of drug-likeness (QED) is 0.920. The Morgan fingerprint density at radius 2 is 2.05 bits per heavy atom. The Morgan fingerprint density at radius 1 is 1.33 bits per heavy atom. The second-order valence-corrected chi connectivity index (χ2v) is 6.18. The van der Waals surface area contributed by atoms with Gasteiger partial charge in [0.2, 0.25) is 5.89 Å². The fourth-order valence-corrected chi connectivity index (χ4v) is 2.97. The van der Waals surface area contributed by atoms with Crippen LogP contribution in [0.1, 0.15) is 25.7 Å². The van der Waals surface area contributed by atoms with E-state index in [-0.39, 0.29) is 0 Å². The lowest BCUT2D eigenvalue weighted by molar-refractivity contribution is -0.109. The lowest BCUT2D eigenvalue weighted by Gasteiger charge is -2.46. The minimum absolute atomic E-state index is 0.514. The number of β-amino-alcohol motifs (C(OH)–C–C–N with tert-alkyl or cyclic N) is 1. The molecule has 1 aliphatic heterocycles. The number of hydrogen-bond acceptors (Lipinski definition) is 4. The standard InChI is InChI=1S/C16H19ClN2O2/c1-2-7-16(20)10-19(11-16)9-15-18-8-14(21-15)12-3-5-13(17)6-4-12/h3-6,8,20H,2,7,9-11H2,1H3. The summed E-state index contributed by atoms with van der Waals surface area (Å²) in [5.41, 5.74) is 0.449. The topological polar surface area (TPSA) is 49.5 Å². The van der Waals surface area contributed by atoms with Gasteiger partial charge in [-0.1, -0.05) is 24.9 Å². The zero-order chi connectivity index (χ0) is 14.9. The van der Waals surface area contributed by atoms with Gasteiger partial charge >= 0.3 is 0 Å². The Morgan fingerprint density at radius 3 is 2.71 bits per heavy atom. The number of likely N-dealkylation sites (tertiary alicyclic amines) is 1. The van der Waals surface area contributed by atoms with Crippen molar-refractivity contribution in [2.75, 3.05) is 13.1 Å². The molecule has 0 saturated carbocycles. The molecule has 5 heteroatoms. The van der Waals surface area contributed by atoms with Gasteiger partial charge in [-0.05, 0) is 30.7 Å². The van der Waals surface area contributed by atoms with E-state index >= 15 is 0 Å². The highest BCUT2D eigenvalue weighted by atomic mass is 35.5. The second kappa shape index (κ2) is 5.79. The molecule has 4 nitrogen and oxygen atoms in total. The van der Waals surface area contributed by atoms with E-state index < -0.39 is 5.60 Å². The average Bonchev–Trinajstić information content (AvgIpc) is 2.87. The molecular formula is C16H19ClN2O2. The highest BCUT2D eigenvalue weighted by Gasteiger charge is 2.40. The van der Waals surface area contributed by atoms with Crippen molar-refractivity contribution in [2.24, 2.45) is 0 Å². The van der Waals surface area contributed by atoms with Gasteiger partial charge in [0.15, 0.2) is 5.76 Å². The van der Waals surface area contributed by atoms with Gasteiger partial charge in [-0.2, -0.15) is 0 Å². The van der Waals surface area contributed by atoms with Gasteiger partial charge in [0.05, 0.1) is 18.3 Å². The molecule has 1 fully saturated rings. The summed E-state index contributed by atoms with van der Waals surface area (Å²) in [6.45, 7) is 4.12. The third-order valence-electron chi connectivity index (χ3n) is 3.79. The summed E-state index contributed by atoms with van der Waals surface area (Å²) in [7, 11) is 0. The van der Waals surface area contributed by atoms with Crippen molar-refractivity contribution < 1.29 is 9.52 Å². The number of oxazole rings is 1. The van der Waals surface area contributed by atoms with Crippen molar-refractivity contribution in [3.63, 3.8) is 0 Å². The Kier molecular flexibility index (Phi) is 4.02. The normalized spacial score (nSPS) is 17.7. The predicted molar refractivity (Wildman–Crippen MR) is 82.1 cm³/mol. The SMILES string of the molecule is CCCC1(O)CN(Cc2ncc(-c3ccc(Cl)cc3)o2)C1. The van der Waals surface area contributed by atoms with Crippen LogP contribution in [0.2, 0.25) is 5.02 Å². The van der Waals surface area contributed by atoms with Gasteiger partial charge < -0.3 is 9.52 Å².